The van der Waals surface area contributed by atoms with Crippen LogP contribution < -0.4 is 15.4 Å². The van der Waals surface area contributed by atoms with Gasteiger partial charge in [-0.15, -0.1) is 12.4 Å². The summed E-state index contributed by atoms with van der Waals surface area (Å²) in [5.41, 5.74) is 0. The molecule has 0 aromatic heterocycles. The summed E-state index contributed by atoms with van der Waals surface area (Å²) >= 11 is 0. The van der Waals surface area contributed by atoms with Gasteiger partial charge in [-0.25, -0.2) is 0 Å². The first-order valence-corrected chi connectivity index (χ1v) is 5.35. The fraction of sp³-hybridized carbons (Fsp3) is 0.417. The molecule has 96 valence electrons. The third-order valence-corrected chi connectivity index (χ3v) is 2.00. The quantitative estimate of drug-likeness (QED) is 0.807. The van der Waals surface area contributed by atoms with Crippen LogP contribution in [0.3, 0.4) is 0 Å². The van der Waals surface area contributed by atoms with E-state index in [9.17, 15) is 4.79 Å². The molecular weight excluding hydrogens is 240 g/mol. The minimum Gasteiger partial charge on any atom is -0.489 e. The number of carbonyl (C=O) groups is 1. The molecule has 1 unspecified atom stereocenters. The number of likely N-dealkylation sites (N-methyl/N-ethyl adjacent to an activating group) is 1. The van der Waals surface area contributed by atoms with E-state index in [1.165, 1.54) is 0 Å². The molecule has 1 rings (SSSR count). The maximum atomic E-state index is 11.2. The number of rotatable bonds is 6. The normalized spacial score (nSPS) is 11.2. The fourth-order valence-corrected chi connectivity index (χ4v) is 1.25. The van der Waals surface area contributed by atoms with E-state index < -0.39 is 0 Å². The SMILES string of the molecule is CNCC(=O)NCC(C)Oc1ccccc1.Cl. The van der Waals surface area contributed by atoms with Gasteiger partial charge in [-0.3, -0.25) is 4.79 Å². The largest absolute Gasteiger partial charge is 0.489 e. The van der Waals surface area contributed by atoms with Crippen molar-refractivity contribution in [1.82, 2.24) is 10.6 Å². The number of para-hydroxylation sites is 1. The van der Waals surface area contributed by atoms with Crippen molar-refractivity contribution in [3.63, 3.8) is 0 Å². The molecule has 4 nitrogen and oxygen atoms in total. The predicted molar refractivity (Wildman–Crippen MR) is 70.7 cm³/mol. The highest BCUT2D eigenvalue weighted by atomic mass is 35.5. The van der Waals surface area contributed by atoms with E-state index in [0.29, 0.717) is 13.1 Å². The molecule has 0 spiro atoms. The summed E-state index contributed by atoms with van der Waals surface area (Å²) in [6, 6.07) is 9.56. The monoisotopic (exact) mass is 258 g/mol. The second kappa shape index (κ2) is 8.84. The van der Waals surface area contributed by atoms with E-state index in [4.69, 9.17) is 4.74 Å². The van der Waals surface area contributed by atoms with Crippen molar-refractivity contribution in [3.8, 4) is 5.75 Å². The summed E-state index contributed by atoms with van der Waals surface area (Å²) in [5.74, 6) is 0.795. The summed E-state index contributed by atoms with van der Waals surface area (Å²) in [6.07, 6.45) is -0.0387. The molecule has 1 amide bonds. The molecule has 0 aliphatic heterocycles. The van der Waals surface area contributed by atoms with Gasteiger partial charge in [0.25, 0.3) is 0 Å². The Morgan fingerprint density at radius 2 is 2.00 bits per heavy atom. The Morgan fingerprint density at radius 3 is 2.59 bits per heavy atom. The summed E-state index contributed by atoms with van der Waals surface area (Å²) < 4.78 is 5.61. The predicted octanol–water partition coefficient (Wildman–Crippen LogP) is 1.21. The van der Waals surface area contributed by atoms with E-state index in [1.807, 2.05) is 37.3 Å². The minimum absolute atomic E-state index is 0. The molecule has 0 saturated heterocycles. The van der Waals surface area contributed by atoms with Crippen molar-refractivity contribution < 1.29 is 9.53 Å². The van der Waals surface area contributed by atoms with Gasteiger partial charge in [-0.05, 0) is 26.1 Å². The van der Waals surface area contributed by atoms with Gasteiger partial charge in [-0.2, -0.15) is 0 Å². The Kier molecular flexibility index (Phi) is 8.19. The third kappa shape index (κ3) is 6.81. The molecule has 0 bridgehead atoms. The van der Waals surface area contributed by atoms with Crippen molar-refractivity contribution in [2.24, 2.45) is 0 Å². The highest BCUT2D eigenvalue weighted by Gasteiger charge is 2.05. The van der Waals surface area contributed by atoms with E-state index in [-0.39, 0.29) is 24.4 Å². The van der Waals surface area contributed by atoms with Crippen molar-refractivity contribution in [1.29, 1.82) is 0 Å². The Labute approximate surface area is 108 Å². The molecule has 1 aromatic rings. The smallest absolute Gasteiger partial charge is 0.234 e. The lowest BCUT2D eigenvalue weighted by Gasteiger charge is -2.15. The van der Waals surface area contributed by atoms with Crippen molar-refractivity contribution >= 4 is 18.3 Å². The first-order chi connectivity index (χ1) is 7.72. The number of hydrogen-bond donors (Lipinski definition) is 2. The van der Waals surface area contributed by atoms with Crippen LogP contribution in [-0.2, 0) is 4.79 Å². The fourth-order valence-electron chi connectivity index (χ4n) is 1.25. The van der Waals surface area contributed by atoms with Crippen LogP contribution in [-0.4, -0.2) is 32.1 Å². The van der Waals surface area contributed by atoms with Crippen LogP contribution in [0.2, 0.25) is 0 Å². The lowest BCUT2D eigenvalue weighted by atomic mass is 10.3. The Morgan fingerprint density at radius 1 is 1.35 bits per heavy atom. The zero-order valence-electron chi connectivity index (χ0n) is 10.1. The maximum absolute atomic E-state index is 11.2. The highest BCUT2D eigenvalue weighted by molar-refractivity contribution is 5.85. The molecule has 0 fully saturated rings. The van der Waals surface area contributed by atoms with Gasteiger partial charge in [-0.1, -0.05) is 18.2 Å². The van der Waals surface area contributed by atoms with Crippen LogP contribution in [0.15, 0.2) is 30.3 Å². The summed E-state index contributed by atoms with van der Waals surface area (Å²) in [5, 5.41) is 5.57. The number of carbonyl (C=O) groups excluding carboxylic acids is 1. The molecule has 0 radical (unpaired) electrons. The average molecular weight is 259 g/mol. The van der Waals surface area contributed by atoms with E-state index in [0.717, 1.165) is 5.75 Å². The van der Waals surface area contributed by atoms with Gasteiger partial charge in [0, 0.05) is 0 Å². The van der Waals surface area contributed by atoms with Crippen LogP contribution in [0.25, 0.3) is 0 Å². The molecule has 2 N–H and O–H groups in total. The second-order valence-corrected chi connectivity index (χ2v) is 3.58. The highest BCUT2D eigenvalue weighted by Crippen LogP contribution is 2.10. The number of hydrogen-bond acceptors (Lipinski definition) is 3. The summed E-state index contributed by atoms with van der Waals surface area (Å²) in [6.45, 7) is 2.76. The molecule has 1 atom stereocenters. The zero-order valence-corrected chi connectivity index (χ0v) is 10.9. The third-order valence-electron chi connectivity index (χ3n) is 2.00. The number of halogens is 1. The van der Waals surface area contributed by atoms with E-state index in [1.54, 1.807) is 7.05 Å². The molecule has 0 saturated carbocycles. The van der Waals surface area contributed by atoms with Gasteiger partial charge in [0.2, 0.25) is 5.91 Å². The van der Waals surface area contributed by atoms with Gasteiger partial charge >= 0.3 is 0 Å². The Hall–Kier alpha value is -1.26. The van der Waals surface area contributed by atoms with Gasteiger partial charge in [0.1, 0.15) is 11.9 Å². The average Bonchev–Trinajstić information content (AvgIpc) is 2.28. The number of ether oxygens (including phenoxy) is 1. The summed E-state index contributed by atoms with van der Waals surface area (Å²) in [4.78, 5) is 11.2. The van der Waals surface area contributed by atoms with Gasteiger partial charge < -0.3 is 15.4 Å². The minimum atomic E-state index is -0.0387. The Balaban J connectivity index is 0.00000256. The molecule has 5 heteroatoms. The van der Waals surface area contributed by atoms with E-state index >= 15 is 0 Å². The number of amides is 1. The van der Waals surface area contributed by atoms with E-state index in [2.05, 4.69) is 10.6 Å². The first-order valence-electron chi connectivity index (χ1n) is 5.35. The molecule has 0 aliphatic rings. The van der Waals surface area contributed by atoms with Crippen molar-refractivity contribution in [3.05, 3.63) is 30.3 Å². The number of benzene rings is 1. The van der Waals surface area contributed by atoms with Crippen LogP contribution in [0.1, 0.15) is 6.92 Å². The van der Waals surface area contributed by atoms with Crippen molar-refractivity contribution in [2.75, 3.05) is 20.1 Å². The van der Waals surface area contributed by atoms with Crippen LogP contribution in [0, 0.1) is 0 Å². The summed E-state index contributed by atoms with van der Waals surface area (Å²) in [7, 11) is 1.74. The topological polar surface area (TPSA) is 50.4 Å². The van der Waals surface area contributed by atoms with Crippen LogP contribution in [0.5, 0.6) is 5.75 Å². The van der Waals surface area contributed by atoms with Crippen LogP contribution >= 0.6 is 12.4 Å². The zero-order chi connectivity index (χ0) is 11.8. The lowest BCUT2D eigenvalue weighted by Crippen LogP contribution is -2.38. The standard InChI is InChI=1S/C12H18N2O2.ClH/c1-10(8-14-12(15)9-13-2)16-11-6-4-3-5-7-11;/h3-7,10,13H,8-9H2,1-2H3,(H,14,15);1H. The lowest BCUT2D eigenvalue weighted by molar-refractivity contribution is -0.120. The molecule has 17 heavy (non-hydrogen) atoms. The van der Waals surface area contributed by atoms with Crippen LogP contribution in [0.4, 0.5) is 0 Å². The molecule has 0 aliphatic carbocycles. The first kappa shape index (κ1) is 15.7. The van der Waals surface area contributed by atoms with Gasteiger partial charge in [0.05, 0.1) is 13.1 Å². The second-order valence-electron chi connectivity index (χ2n) is 3.58. The molecule has 0 heterocycles. The Bertz CT molecular complexity index is 320. The van der Waals surface area contributed by atoms with Gasteiger partial charge in [0.15, 0.2) is 0 Å². The number of nitrogens with one attached hydrogen (secondary N) is 2. The molecule has 1 aromatic carbocycles. The molecular formula is C12H19ClN2O2. The van der Waals surface area contributed by atoms with Crippen molar-refractivity contribution in [2.45, 2.75) is 13.0 Å². The maximum Gasteiger partial charge on any atom is 0.234 e.